The quantitative estimate of drug-likeness (QED) is 0.689. The lowest BCUT2D eigenvalue weighted by atomic mass is 9.76. The van der Waals surface area contributed by atoms with E-state index in [-0.39, 0.29) is 29.5 Å². The van der Waals surface area contributed by atoms with Crippen molar-refractivity contribution in [2.24, 2.45) is 5.41 Å². The second-order valence-electron chi connectivity index (χ2n) is 9.50. The van der Waals surface area contributed by atoms with Gasteiger partial charge in [-0.2, -0.15) is 8.42 Å². The van der Waals surface area contributed by atoms with Crippen LogP contribution in [-0.2, 0) is 23.8 Å². The molecule has 172 valence electrons. The van der Waals surface area contributed by atoms with E-state index in [4.69, 9.17) is 8.92 Å². The van der Waals surface area contributed by atoms with E-state index in [2.05, 4.69) is 5.32 Å². The maximum absolute atomic E-state index is 12.7. The van der Waals surface area contributed by atoms with Crippen LogP contribution in [0.25, 0.3) is 0 Å². The first kappa shape index (κ1) is 23.5. The van der Waals surface area contributed by atoms with Crippen molar-refractivity contribution in [2.75, 3.05) is 19.7 Å². The molecule has 1 unspecified atom stereocenters. The van der Waals surface area contributed by atoms with Crippen LogP contribution < -0.4 is 5.32 Å². The summed E-state index contributed by atoms with van der Waals surface area (Å²) in [5.41, 5.74) is -0.101. The highest BCUT2D eigenvalue weighted by Gasteiger charge is 2.48. The van der Waals surface area contributed by atoms with Crippen molar-refractivity contribution in [1.82, 2.24) is 10.2 Å². The lowest BCUT2D eigenvalue weighted by Crippen LogP contribution is -2.47. The average molecular weight is 453 g/mol. The molecule has 1 atom stereocenters. The summed E-state index contributed by atoms with van der Waals surface area (Å²) in [5, 5.41) is 2.98. The van der Waals surface area contributed by atoms with E-state index in [1.165, 1.54) is 12.1 Å². The van der Waals surface area contributed by atoms with Gasteiger partial charge in [-0.15, -0.1) is 0 Å². The van der Waals surface area contributed by atoms with Gasteiger partial charge in [0.1, 0.15) is 5.60 Å². The molecule has 0 bridgehead atoms. The number of hydrogen-bond donors (Lipinski definition) is 1. The molecule has 1 spiro atoms. The normalized spacial score (nSPS) is 21.2. The number of benzene rings is 1. The number of likely N-dealkylation sites (tertiary alicyclic amines) is 1. The Bertz CT molecular complexity index is 912. The number of nitrogens with zero attached hydrogens (tertiary/aromatic N) is 1. The molecule has 8 nitrogen and oxygen atoms in total. The number of carbonyl (C=O) groups excluding carboxylic acids is 2. The predicted molar refractivity (Wildman–Crippen MR) is 115 cm³/mol. The summed E-state index contributed by atoms with van der Waals surface area (Å²) in [7, 11) is -3.82. The van der Waals surface area contributed by atoms with Crippen molar-refractivity contribution in [3.05, 3.63) is 29.8 Å². The first-order chi connectivity index (χ1) is 14.4. The van der Waals surface area contributed by atoms with Crippen LogP contribution in [0, 0.1) is 12.3 Å². The minimum absolute atomic E-state index is 0.00126. The minimum atomic E-state index is -3.82. The standard InChI is InChI=1S/C22H32N2O6S/c1-16-5-7-18(8-6-16)31(27,28)29-14-9-17-15-22(19(25)23-17)10-12-24(13-11-22)20(26)30-21(2,3)4/h5-8,17H,9-15H2,1-4H3,(H,23,25). The van der Waals surface area contributed by atoms with Gasteiger partial charge in [0.2, 0.25) is 5.91 Å². The fraction of sp³-hybridized carbons (Fsp3) is 0.636. The van der Waals surface area contributed by atoms with Gasteiger partial charge in [-0.3, -0.25) is 8.98 Å². The zero-order chi connectivity index (χ0) is 22.9. The van der Waals surface area contributed by atoms with E-state index in [0.717, 1.165) is 5.56 Å². The summed E-state index contributed by atoms with van der Waals surface area (Å²) in [4.78, 5) is 26.7. The monoisotopic (exact) mass is 452 g/mol. The van der Waals surface area contributed by atoms with Gasteiger partial charge in [0.15, 0.2) is 0 Å². The highest BCUT2D eigenvalue weighted by atomic mass is 32.2. The zero-order valence-electron chi connectivity index (χ0n) is 18.6. The van der Waals surface area contributed by atoms with Crippen LogP contribution in [0.1, 0.15) is 52.0 Å². The Morgan fingerprint density at radius 3 is 2.39 bits per heavy atom. The van der Waals surface area contributed by atoms with Gasteiger partial charge in [0.05, 0.1) is 16.9 Å². The molecule has 2 amide bonds. The Morgan fingerprint density at radius 1 is 1.19 bits per heavy atom. The summed E-state index contributed by atoms with van der Waals surface area (Å²) < 4.78 is 35.2. The third-order valence-electron chi connectivity index (χ3n) is 5.84. The van der Waals surface area contributed by atoms with Crippen LogP contribution in [0.5, 0.6) is 0 Å². The number of ether oxygens (including phenoxy) is 1. The molecule has 0 aliphatic carbocycles. The largest absolute Gasteiger partial charge is 0.444 e. The van der Waals surface area contributed by atoms with Gasteiger partial charge in [-0.05, 0) is 65.5 Å². The number of aryl methyl sites for hydroxylation is 1. The zero-order valence-corrected chi connectivity index (χ0v) is 19.5. The second kappa shape index (κ2) is 8.78. The highest BCUT2D eigenvalue weighted by Crippen LogP contribution is 2.41. The lowest BCUT2D eigenvalue weighted by Gasteiger charge is -2.38. The SMILES string of the molecule is Cc1ccc(S(=O)(=O)OCCC2CC3(CCN(C(=O)OC(C)(C)C)CC3)C(=O)N2)cc1. The minimum Gasteiger partial charge on any atom is -0.444 e. The Labute approximate surface area is 184 Å². The average Bonchev–Trinajstić information content (AvgIpc) is 2.96. The van der Waals surface area contributed by atoms with Crippen molar-refractivity contribution in [1.29, 1.82) is 0 Å². The van der Waals surface area contributed by atoms with Gasteiger partial charge in [0, 0.05) is 19.1 Å². The van der Waals surface area contributed by atoms with Crippen LogP contribution in [0.4, 0.5) is 4.79 Å². The summed E-state index contributed by atoms with van der Waals surface area (Å²) in [6.45, 7) is 8.29. The number of carbonyl (C=O) groups is 2. The van der Waals surface area contributed by atoms with E-state index >= 15 is 0 Å². The van der Waals surface area contributed by atoms with E-state index in [1.54, 1.807) is 17.0 Å². The molecule has 2 saturated heterocycles. The second-order valence-corrected chi connectivity index (χ2v) is 11.1. The molecule has 1 aromatic carbocycles. The molecule has 0 saturated carbocycles. The molecule has 31 heavy (non-hydrogen) atoms. The molecule has 0 aromatic heterocycles. The van der Waals surface area contributed by atoms with Crippen molar-refractivity contribution in [3.63, 3.8) is 0 Å². The third-order valence-corrected chi connectivity index (χ3v) is 7.17. The smallest absolute Gasteiger partial charge is 0.410 e. The fourth-order valence-electron chi connectivity index (χ4n) is 4.08. The van der Waals surface area contributed by atoms with Crippen LogP contribution >= 0.6 is 0 Å². The van der Waals surface area contributed by atoms with Gasteiger partial charge in [0.25, 0.3) is 10.1 Å². The van der Waals surface area contributed by atoms with Crippen molar-refractivity contribution in [3.8, 4) is 0 Å². The molecule has 2 heterocycles. The molecule has 1 N–H and O–H groups in total. The molecule has 9 heteroatoms. The van der Waals surface area contributed by atoms with Gasteiger partial charge < -0.3 is 15.0 Å². The number of nitrogens with one attached hydrogen (secondary N) is 1. The molecule has 2 fully saturated rings. The van der Waals surface area contributed by atoms with Crippen LogP contribution in [-0.4, -0.2) is 56.7 Å². The predicted octanol–water partition coefficient (Wildman–Crippen LogP) is 3.00. The number of rotatable bonds is 5. The number of piperidine rings is 1. The summed E-state index contributed by atoms with van der Waals surface area (Å²) in [6.07, 6.45) is 1.80. The molecule has 3 rings (SSSR count). The van der Waals surface area contributed by atoms with Gasteiger partial charge in [-0.25, -0.2) is 4.79 Å². The summed E-state index contributed by atoms with van der Waals surface area (Å²) in [5.74, 6) is -0.0252. The fourth-order valence-corrected chi connectivity index (χ4v) is 5.00. The Balaban J connectivity index is 1.49. The van der Waals surface area contributed by atoms with E-state index in [0.29, 0.717) is 38.8 Å². The lowest BCUT2D eigenvalue weighted by molar-refractivity contribution is -0.130. The van der Waals surface area contributed by atoms with Crippen LogP contribution in [0.3, 0.4) is 0 Å². The van der Waals surface area contributed by atoms with E-state index < -0.39 is 21.1 Å². The highest BCUT2D eigenvalue weighted by molar-refractivity contribution is 7.86. The van der Waals surface area contributed by atoms with Crippen molar-refractivity contribution >= 4 is 22.1 Å². The number of hydrogen-bond acceptors (Lipinski definition) is 6. The Morgan fingerprint density at radius 2 is 1.81 bits per heavy atom. The summed E-state index contributed by atoms with van der Waals surface area (Å²) >= 11 is 0. The maximum Gasteiger partial charge on any atom is 0.410 e. The van der Waals surface area contributed by atoms with Crippen LogP contribution in [0.2, 0.25) is 0 Å². The molecule has 2 aliphatic rings. The summed E-state index contributed by atoms with van der Waals surface area (Å²) in [6, 6.07) is 6.35. The first-order valence-electron chi connectivity index (χ1n) is 10.7. The van der Waals surface area contributed by atoms with Crippen molar-refractivity contribution in [2.45, 2.75) is 69.9 Å². The first-order valence-corrected chi connectivity index (χ1v) is 12.1. The number of amides is 2. The topological polar surface area (TPSA) is 102 Å². The third kappa shape index (κ3) is 5.77. The maximum atomic E-state index is 12.7. The van der Waals surface area contributed by atoms with E-state index in [9.17, 15) is 18.0 Å². The molecule has 0 radical (unpaired) electrons. The van der Waals surface area contributed by atoms with E-state index in [1.807, 2.05) is 27.7 Å². The van der Waals surface area contributed by atoms with Crippen LogP contribution in [0.15, 0.2) is 29.2 Å². The molecular weight excluding hydrogens is 420 g/mol. The van der Waals surface area contributed by atoms with Gasteiger partial charge >= 0.3 is 6.09 Å². The van der Waals surface area contributed by atoms with Crippen molar-refractivity contribution < 1.29 is 26.9 Å². The van der Waals surface area contributed by atoms with Gasteiger partial charge in [-0.1, -0.05) is 17.7 Å². The molecule has 2 aliphatic heterocycles. The molecule has 1 aromatic rings. The Kier molecular flexibility index (Phi) is 6.67. The Hall–Kier alpha value is -2.13. The molecular formula is C22H32N2O6S.